The van der Waals surface area contributed by atoms with E-state index in [0.717, 1.165) is 29.8 Å². The summed E-state index contributed by atoms with van der Waals surface area (Å²) in [4.78, 5) is 0. The second-order valence-electron chi connectivity index (χ2n) is 5.27. The molecule has 2 bridgehead atoms. The number of hydrogen-bond donors (Lipinski definition) is 1. The van der Waals surface area contributed by atoms with Gasteiger partial charge in [0.25, 0.3) is 0 Å². The highest BCUT2D eigenvalue weighted by atomic mass is 15.0. The number of fused-ring (bicyclic) bond motifs is 2. The van der Waals surface area contributed by atoms with Gasteiger partial charge in [-0.2, -0.15) is 0 Å². The summed E-state index contributed by atoms with van der Waals surface area (Å²) in [5.41, 5.74) is 0. The maximum absolute atomic E-state index is 3.83. The van der Waals surface area contributed by atoms with Crippen LogP contribution in [0.2, 0.25) is 0 Å². The lowest BCUT2D eigenvalue weighted by Crippen LogP contribution is -2.35. The van der Waals surface area contributed by atoms with Gasteiger partial charge in [-0.1, -0.05) is 13.3 Å². The van der Waals surface area contributed by atoms with Crippen LogP contribution in [0.3, 0.4) is 0 Å². The van der Waals surface area contributed by atoms with Gasteiger partial charge in [0.2, 0.25) is 0 Å². The zero-order valence-corrected chi connectivity index (χ0v) is 7.92. The standard InChI is InChI=1S/C11H19N/c1-7-4-10(7)12-11-6-8-2-3-9(11)5-8/h7-12H,2-6H2,1H3. The van der Waals surface area contributed by atoms with Gasteiger partial charge in [0.1, 0.15) is 0 Å². The molecule has 0 radical (unpaired) electrons. The molecule has 0 aliphatic heterocycles. The van der Waals surface area contributed by atoms with Crippen molar-refractivity contribution in [3.05, 3.63) is 0 Å². The SMILES string of the molecule is CC1CC1NC1CC2CCC1C2. The maximum Gasteiger partial charge on any atom is 0.0101 e. The van der Waals surface area contributed by atoms with Crippen molar-refractivity contribution in [1.82, 2.24) is 5.32 Å². The van der Waals surface area contributed by atoms with Gasteiger partial charge in [0, 0.05) is 12.1 Å². The van der Waals surface area contributed by atoms with E-state index in [2.05, 4.69) is 12.2 Å². The molecule has 5 atom stereocenters. The summed E-state index contributed by atoms with van der Waals surface area (Å²) < 4.78 is 0. The molecule has 0 aromatic rings. The lowest BCUT2D eigenvalue weighted by atomic mass is 9.95. The van der Waals surface area contributed by atoms with Gasteiger partial charge in [-0.3, -0.25) is 0 Å². The van der Waals surface area contributed by atoms with Crippen molar-refractivity contribution in [2.45, 2.75) is 51.1 Å². The number of nitrogens with one attached hydrogen (secondary N) is 1. The molecule has 0 amide bonds. The Morgan fingerprint density at radius 2 is 1.83 bits per heavy atom. The molecular formula is C11H19N. The normalized spacial score (nSPS) is 56.2. The minimum absolute atomic E-state index is 0.898. The average Bonchev–Trinajstić information content (AvgIpc) is 2.53. The van der Waals surface area contributed by atoms with Gasteiger partial charge in [0.05, 0.1) is 0 Å². The Morgan fingerprint density at radius 1 is 1.00 bits per heavy atom. The summed E-state index contributed by atoms with van der Waals surface area (Å²) in [5, 5.41) is 3.83. The summed E-state index contributed by atoms with van der Waals surface area (Å²) >= 11 is 0. The Hall–Kier alpha value is -0.0400. The molecule has 12 heavy (non-hydrogen) atoms. The van der Waals surface area contributed by atoms with Gasteiger partial charge in [-0.15, -0.1) is 0 Å². The van der Waals surface area contributed by atoms with E-state index in [9.17, 15) is 0 Å². The third-order valence-electron chi connectivity index (χ3n) is 4.28. The third kappa shape index (κ3) is 1.10. The molecule has 0 heterocycles. The van der Waals surface area contributed by atoms with E-state index in [1.165, 1.54) is 25.7 Å². The molecule has 3 fully saturated rings. The fourth-order valence-electron chi connectivity index (χ4n) is 3.28. The number of rotatable bonds is 2. The molecule has 3 aliphatic carbocycles. The fourth-order valence-corrected chi connectivity index (χ4v) is 3.28. The van der Waals surface area contributed by atoms with Crippen molar-refractivity contribution < 1.29 is 0 Å². The Bertz CT molecular complexity index is 189. The van der Waals surface area contributed by atoms with Crippen molar-refractivity contribution in [2.75, 3.05) is 0 Å². The van der Waals surface area contributed by atoms with Crippen LogP contribution in [0.15, 0.2) is 0 Å². The molecule has 1 N–H and O–H groups in total. The fraction of sp³-hybridized carbons (Fsp3) is 1.00. The summed E-state index contributed by atoms with van der Waals surface area (Å²) in [6.07, 6.45) is 7.52. The molecule has 1 heteroatoms. The van der Waals surface area contributed by atoms with E-state index in [4.69, 9.17) is 0 Å². The molecular weight excluding hydrogens is 146 g/mol. The predicted octanol–water partition coefficient (Wildman–Crippen LogP) is 2.17. The minimum Gasteiger partial charge on any atom is -0.311 e. The van der Waals surface area contributed by atoms with Crippen molar-refractivity contribution in [2.24, 2.45) is 17.8 Å². The largest absolute Gasteiger partial charge is 0.311 e. The van der Waals surface area contributed by atoms with E-state index >= 15 is 0 Å². The van der Waals surface area contributed by atoms with Crippen LogP contribution < -0.4 is 5.32 Å². The number of hydrogen-bond acceptors (Lipinski definition) is 1. The van der Waals surface area contributed by atoms with Crippen LogP contribution in [0.4, 0.5) is 0 Å². The average molecular weight is 165 g/mol. The Labute approximate surface area is 74.9 Å². The summed E-state index contributed by atoms with van der Waals surface area (Å²) in [5.74, 6) is 3.13. The molecule has 1 nitrogen and oxygen atoms in total. The van der Waals surface area contributed by atoms with Crippen LogP contribution in [-0.2, 0) is 0 Å². The maximum atomic E-state index is 3.83. The second-order valence-corrected chi connectivity index (χ2v) is 5.27. The van der Waals surface area contributed by atoms with Gasteiger partial charge >= 0.3 is 0 Å². The molecule has 0 aromatic heterocycles. The van der Waals surface area contributed by atoms with Gasteiger partial charge < -0.3 is 5.32 Å². The van der Waals surface area contributed by atoms with E-state index in [1.54, 1.807) is 6.42 Å². The molecule has 3 rings (SSSR count). The predicted molar refractivity (Wildman–Crippen MR) is 49.9 cm³/mol. The van der Waals surface area contributed by atoms with E-state index in [1.807, 2.05) is 0 Å². The zero-order valence-electron chi connectivity index (χ0n) is 7.92. The van der Waals surface area contributed by atoms with Crippen LogP contribution in [0.1, 0.15) is 39.0 Å². The van der Waals surface area contributed by atoms with Crippen molar-refractivity contribution in [1.29, 1.82) is 0 Å². The lowest BCUT2D eigenvalue weighted by molar-refractivity contribution is 0.346. The van der Waals surface area contributed by atoms with Crippen molar-refractivity contribution in [3.8, 4) is 0 Å². The molecule has 0 aromatic carbocycles. The van der Waals surface area contributed by atoms with Gasteiger partial charge in [-0.25, -0.2) is 0 Å². The first-order chi connectivity index (χ1) is 5.83. The molecule has 5 unspecified atom stereocenters. The first kappa shape index (κ1) is 7.37. The van der Waals surface area contributed by atoms with Crippen molar-refractivity contribution in [3.63, 3.8) is 0 Å². The molecule has 0 saturated heterocycles. The van der Waals surface area contributed by atoms with E-state index in [0.29, 0.717) is 0 Å². The van der Waals surface area contributed by atoms with E-state index < -0.39 is 0 Å². The van der Waals surface area contributed by atoms with Crippen LogP contribution in [-0.4, -0.2) is 12.1 Å². The molecule has 0 spiro atoms. The Morgan fingerprint density at radius 3 is 2.33 bits per heavy atom. The lowest BCUT2D eigenvalue weighted by Gasteiger charge is -2.22. The molecule has 3 aliphatic rings. The first-order valence-electron chi connectivity index (χ1n) is 5.59. The summed E-state index contributed by atoms with van der Waals surface area (Å²) in [7, 11) is 0. The highest BCUT2D eigenvalue weighted by Crippen LogP contribution is 2.45. The Kier molecular flexibility index (Phi) is 1.52. The zero-order chi connectivity index (χ0) is 8.13. The first-order valence-corrected chi connectivity index (χ1v) is 5.59. The summed E-state index contributed by atoms with van der Waals surface area (Å²) in [6, 6.07) is 1.81. The topological polar surface area (TPSA) is 12.0 Å². The van der Waals surface area contributed by atoms with Gasteiger partial charge in [-0.05, 0) is 43.4 Å². The minimum atomic E-state index is 0.898. The quantitative estimate of drug-likeness (QED) is 0.661. The van der Waals surface area contributed by atoms with Crippen molar-refractivity contribution >= 4 is 0 Å². The highest BCUT2D eigenvalue weighted by molar-refractivity contribution is 4.99. The smallest absolute Gasteiger partial charge is 0.0101 e. The highest BCUT2D eigenvalue weighted by Gasteiger charge is 2.43. The van der Waals surface area contributed by atoms with E-state index in [-0.39, 0.29) is 0 Å². The van der Waals surface area contributed by atoms with Crippen LogP contribution >= 0.6 is 0 Å². The second kappa shape index (κ2) is 2.47. The Balaban J connectivity index is 1.57. The van der Waals surface area contributed by atoms with Gasteiger partial charge in [0.15, 0.2) is 0 Å². The molecule has 68 valence electrons. The van der Waals surface area contributed by atoms with Crippen LogP contribution in [0.25, 0.3) is 0 Å². The van der Waals surface area contributed by atoms with Crippen LogP contribution in [0.5, 0.6) is 0 Å². The molecule has 3 saturated carbocycles. The summed E-state index contributed by atoms with van der Waals surface area (Å²) in [6.45, 7) is 2.37. The third-order valence-corrected chi connectivity index (χ3v) is 4.28. The monoisotopic (exact) mass is 165 g/mol. The van der Waals surface area contributed by atoms with Crippen LogP contribution in [0, 0.1) is 17.8 Å².